The lowest BCUT2D eigenvalue weighted by Gasteiger charge is -2.06. The second-order valence-corrected chi connectivity index (χ2v) is 4.50. The van der Waals surface area contributed by atoms with Crippen LogP contribution in [0.5, 0.6) is 0 Å². The minimum absolute atomic E-state index is 0.127. The molecule has 0 aliphatic heterocycles. The monoisotopic (exact) mass is 307 g/mol. The summed E-state index contributed by atoms with van der Waals surface area (Å²) in [5.74, 6) is -0.270. The van der Waals surface area contributed by atoms with Gasteiger partial charge in [0.1, 0.15) is 4.60 Å². The zero-order valence-corrected chi connectivity index (χ0v) is 11.1. The van der Waals surface area contributed by atoms with Crippen LogP contribution in [0, 0.1) is 0 Å². The van der Waals surface area contributed by atoms with Crippen LogP contribution in [0.25, 0.3) is 0 Å². The van der Waals surface area contributed by atoms with Crippen molar-refractivity contribution in [1.82, 2.24) is 9.55 Å². The van der Waals surface area contributed by atoms with Crippen molar-refractivity contribution in [2.24, 2.45) is 7.05 Å². The van der Waals surface area contributed by atoms with E-state index in [0.717, 1.165) is 0 Å². The van der Waals surface area contributed by atoms with E-state index in [0.29, 0.717) is 15.9 Å². The molecule has 0 bridgehead atoms. The fourth-order valence-electron chi connectivity index (χ4n) is 1.38. The molecule has 1 N–H and O–H groups in total. The van der Waals surface area contributed by atoms with Crippen molar-refractivity contribution < 1.29 is 4.79 Å². The third kappa shape index (κ3) is 2.84. The molecule has 2 rings (SSSR count). The van der Waals surface area contributed by atoms with Gasteiger partial charge in [-0.25, -0.2) is 4.98 Å². The molecule has 0 aromatic carbocycles. The minimum atomic E-state index is -0.270. The number of carbonyl (C=O) groups excluding carboxylic acids is 1. The number of hydrogen-bond donors (Lipinski definition) is 1. The number of pyridine rings is 2. The number of anilines is 1. The standard InChI is InChI=1S/C12H10BrN3O2/c1-16-7-9(3-5-11(16)17)15-12(18)8-2-4-10(13)14-6-8/h2-7H,1H3,(H,15,18). The second kappa shape index (κ2) is 5.14. The highest BCUT2D eigenvalue weighted by molar-refractivity contribution is 9.10. The van der Waals surface area contributed by atoms with E-state index in [4.69, 9.17) is 0 Å². The summed E-state index contributed by atoms with van der Waals surface area (Å²) in [6, 6.07) is 6.31. The van der Waals surface area contributed by atoms with Gasteiger partial charge < -0.3 is 9.88 Å². The minimum Gasteiger partial charge on any atom is -0.321 e. The Bertz CT molecular complexity index is 635. The van der Waals surface area contributed by atoms with Crippen LogP contribution in [0.2, 0.25) is 0 Å². The highest BCUT2D eigenvalue weighted by Crippen LogP contribution is 2.09. The zero-order valence-electron chi connectivity index (χ0n) is 9.55. The molecule has 5 nitrogen and oxygen atoms in total. The van der Waals surface area contributed by atoms with Gasteiger partial charge in [-0.3, -0.25) is 9.59 Å². The fraction of sp³-hybridized carbons (Fsp3) is 0.0833. The van der Waals surface area contributed by atoms with Gasteiger partial charge in [0.15, 0.2) is 0 Å². The number of halogens is 1. The maximum atomic E-state index is 11.9. The first kappa shape index (κ1) is 12.5. The number of aromatic nitrogens is 2. The lowest BCUT2D eigenvalue weighted by molar-refractivity contribution is 0.102. The maximum absolute atomic E-state index is 11.9. The first-order valence-corrected chi connectivity index (χ1v) is 5.95. The summed E-state index contributed by atoms with van der Waals surface area (Å²) in [5, 5.41) is 2.69. The predicted octanol–water partition coefficient (Wildman–Crippen LogP) is 1.80. The van der Waals surface area contributed by atoms with Crippen molar-refractivity contribution in [3.8, 4) is 0 Å². The highest BCUT2D eigenvalue weighted by atomic mass is 79.9. The van der Waals surface area contributed by atoms with Crippen LogP contribution in [0.15, 0.2) is 46.1 Å². The summed E-state index contributed by atoms with van der Waals surface area (Å²) in [5.41, 5.74) is 0.885. The molecule has 0 spiro atoms. The maximum Gasteiger partial charge on any atom is 0.257 e. The molecule has 0 aliphatic carbocycles. The summed E-state index contributed by atoms with van der Waals surface area (Å²) in [6.45, 7) is 0. The van der Waals surface area contributed by atoms with Crippen molar-refractivity contribution in [3.05, 3.63) is 57.2 Å². The van der Waals surface area contributed by atoms with Crippen molar-refractivity contribution in [1.29, 1.82) is 0 Å². The first-order valence-electron chi connectivity index (χ1n) is 5.16. The molecule has 0 saturated heterocycles. The van der Waals surface area contributed by atoms with Gasteiger partial charge in [-0.2, -0.15) is 0 Å². The largest absolute Gasteiger partial charge is 0.321 e. The number of nitrogens with one attached hydrogen (secondary N) is 1. The number of carbonyl (C=O) groups is 1. The lowest BCUT2D eigenvalue weighted by atomic mass is 10.2. The molecule has 0 atom stereocenters. The molecule has 2 aromatic rings. The van der Waals surface area contributed by atoms with Crippen molar-refractivity contribution >= 4 is 27.5 Å². The average molecular weight is 308 g/mol. The summed E-state index contributed by atoms with van der Waals surface area (Å²) in [6.07, 6.45) is 3.04. The molecular weight excluding hydrogens is 298 g/mol. The van der Waals surface area contributed by atoms with Crippen LogP contribution in [0.3, 0.4) is 0 Å². The molecular formula is C12H10BrN3O2. The van der Waals surface area contributed by atoms with Crippen LogP contribution in [-0.4, -0.2) is 15.5 Å². The molecule has 92 valence electrons. The first-order chi connectivity index (χ1) is 8.56. The topological polar surface area (TPSA) is 64.0 Å². The Kier molecular flexibility index (Phi) is 3.57. The van der Waals surface area contributed by atoms with Crippen LogP contribution in [0.1, 0.15) is 10.4 Å². The molecule has 0 aliphatic rings. The summed E-state index contributed by atoms with van der Waals surface area (Å²) < 4.78 is 2.07. The van der Waals surface area contributed by atoms with Crippen LogP contribution >= 0.6 is 15.9 Å². The number of hydrogen-bond acceptors (Lipinski definition) is 3. The van der Waals surface area contributed by atoms with Gasteiger partial charge in [-0.1, -0.05) is 0 Å². The van der Waals surface area contributed by atoms with E-state index in [9.17, 15) is 9.59 Å². The Hall–Kier alpha value is -1.95. The van der Waals surface area contributed by atoms with Gasteiger partial charge in [0.05, 0.1) is 11.3 Å². The van der Waals surface area contributed by atoms with Crippen molar-refractivity contribution in [3.63, 3.8) is 0 Å². The van der Waals surface area contributed by atoms with E-state index in [1.165, 1.54) is 16.8 Å². The van der Waals surface area contributed by atoms with Crippen LogP contribution in [0.4, 0.5) is 5.69 Å². The van der Waals surface area contributed by atoms with E-state index in [1.54, 1.807) is 31.4 Å². The third-order valence-corrected chi connectivity index (χ3v) is 2.80. The van der Waals surface area contributed by atoms with E-state index in [1.807, 2.05) is 0 Å². The molecule has 2 heterocycles. The van der Waals surface area contributed by atoms with Crippen molar-refractivity contribution in [2.75, 3.05) is 5.32 Å². The number of nitrogens with zero attached hydrogens (tertiary/aromatic N) is 2. The van der Waals surface area contributed by atoms with Gasteiger partial charge in [0, 0.05) is 25.5 Å². The van der Waals surface area contributed by atoms with E-state index in [-0.39, 0.29) is 11.5 Å². The molecule has 0 unspecified atom stereocenters. The fourth-order valence-corrected chi connectivity index (χ4v) is 1.62. The molecule has 0 radical (unpaired) electrons. The van der Waals surface area contributed by atoms with Crippen molar-refractivity contribution in [2.45, 2.75) is 0 Å². The summed E-state index contributed by atoms with van der Waals surface area (Å²) >= 11 is 3.20. The van der Waals surface area contributed by atoms with E-state index >= 15 is 0 Å². The summed E-state index contributed by atoms with van der Waals surface area (Å²) in [4.78, 5) is 27.0. The molecule has 18 heavy (non-hydrogen) atoms. The molecule has 1 amide bonds. The summed E-state index contributed by atoms with van der Waals surface area (Å²) in [7, 11) is 1.62. The van der Waals surface area contributed by atoms with Gasteiger partial charge in [0.2, 0.25) is 5.56 Å². The van der Waals surface area contributed by atoms with Gasteiger partial charge >= 0.3 is 0 Å². The Labute approximate surface area is 112 Å². The third-order valence-electron chi connectivity index (χ3n) is 2.33. The van der Waals surface area contributed by atoms with E-state index in [2.05, 4.69) is 26.2 Å². The van der Waals surface area contributed by atoms with E-state index < -0.39 is 0 Å². The Morgan fingerprint density at radius 2 is 2.11 bits per heavy atom. The molecule has 0 saturated carbocycles. The van der Waals surface area contributed by atoms with Crippen LogP contribution < -0.4 is 10.9 Å². The second-order valence-electron chi connectivity index (χ2n) is 3.69. The number of aryl methyl sites for hydroxylation is 1. The lowest BCUT2D eigenvalue weighted by Crippen LogP contribution is -2.18. The van der Waals surface area contributed by atoms with Crippen LogP contribution in [-0.2, 0) is 7.05 Å². The van der Waals surface area contributed by atoms with Gasteiger partial charge in [-0.15, -0.1) is 0 Å². The average Bonchev–Trinajstić information content (AvgIpc) is 2.34. The highest BCUT2D eigenvalue weighted by Gasteiger charge is 2.06. The smallest absolute Gasteiger partial charge is 0.257 e. The number of amides is 1. The Morgan fingerprint density at radius 3 is 2.72 bits per heavy atom. The molecule has 2 aromatic heterocycles. The Morgan fingerprint density at radius 1 is 1.33 bits per heavy atom. The predicted molar refractivity (Wildman–Crippen MR) is 71.6 cm³/mol. The molecule has 6 heteroatoms. The quantitative estimate of drug-likeness (QED) is 0.860. The van der Waals surface area contributed by atoms with Gasteiger partial charge in [-0.05, 0) is 34.1 Å². The normalized spacial score (nSPS) is 10.1. The zero-order chi connectivity index (χ0) is 13.1. The SMILES string of the molecule is Cn1cc(NC(=O)c2ccc(Br)nc2)ccc1=O. The molecule has 0 fully saturated rings. The van der Waals surface area contributed by atoms with Gasteiger partial charge in [0.25, 0.3) is 5.91 Å². The number of rotatable bonds is 2. The Balaban J connectivity index is 2.18.